The second-order valence-corrected chi connectivity index (χ2v) is 6.58. The molecule has 0 unspecified atom stereocenters. The van der Waals surface area contributed by atoms with Gasteiger partial charge in [-0.05, 0) is 47.7 Å². The van der Waals surface area contributed by atoms with Gasteiger partial charge in [0.2, 0.25) is 0 Å². The van der Waals surface area contributed by atoms with Gasteiger partial charge < -0.3 is 10.1 Å². The molecular weight excluding hydrogens is 330 g/mol. The van der Waals surface area contributed by atoms with Crippen molar-refractivity contribution in [2.75, 3.05) is 6.54 Å². The van der Waals surface area contributed by atoms with Crippen LogP contribution < -0.4 is 10.1 Å². The largest absolute Gasteiger partial charge is 0.489 e. The summed E-state index contributed by atoms with van der Waals surface area (Å²) in [5, 5.41) is 6.29. The monoisotopic (exact) mass is 353 g/mol. The zero-order valence-electron chi connectivity index (χ0n) is 14.4. The van der Waals surface area contributed by atoms with E-state index in [-0.39, 0.29) is 18.5 Å². The van der Waals surface area contributed by atoms with E-state index in [2.05, 4.69) is 72.9 Å². The van der Waals surface area contributed by atoms with Crippen LogP contribution in [0.15, 0.2) is 66.7 Å². The van der Waals surface area contributed by atoms with Crippen molar-refractivity contribution in [2.24, 2.45) is 0 Å². The maximum absolute atomic E-state index is 6.14. The van der Waals surface area contributed by atoms with Gasteiger partial charge >= 0.3 is 0 Å². The molecule has 2 nitrogen and oxygen atoms in total. The Morgan fingerprint density at radius 1 is 1.00 bits per heavy atom. The third-order valence-corrected chi connectivity index (χ3v) is 4.94. The quantitative estimate of drug-likeness (QED) is 0.686. The highest BCUT2D eigenvalue weighted by Gasteiger charge is 2.20. The number of aryl methyl sites for hydroxylation is 1. The first-order valence-corrected chi connectivity index (χ1v) is 8.77. The van der Waals surface area contributed by atoms with Crippen LogP contribution in [0.4, 0.5) is 0 Å². The molecule has 3 aromatic carbocycles. The summed E-state index contributed by atoms with van der Waals surface area (Å²) in [6.45, 7) is 3.11. The van der Waals surface area contributed by atoms with Crippen LogP contribution in [0.3, 0.4) is 0 Å². The van der Waals surface area contributed by atoms with Gasteiger partial charge in [-0.2, -0.15) is 0 Å². The Bertz CT molecular complexity index is 843. The summed E-state index contributed by atoms with van der Waals surface area (Å²) in [5.41, 5.74) is 2.68. The molecule has 0 saturated heterocycles. The van der Waals surface area contributed by atoms with E-state index < -0.39 is 0 Å². The lowest BCUT2D eigenvalue weighted by molar-refractivity contribution is 0.167. The number of fused-ring (bicyclic) bond motifs is 2. The molecule has 1 aliphatic heterocycles. The van der Waals surface area contributed by atoms with Crippen molar-refractivity contribution in [3.63, 3.8) is 0 Å². The maximum Gasteiger partial charge on any atom is 0.122 e. The molecule has 4 rings (SSSR count). The lowest BCUT2D eigenvalue weighted by atomic mass is 9.99. The third kappa shape index (κ3) is 3.81. The third-order valence-electron chi connectivity index (χ3n) is 4.94. The maximum atomic E-state index is 6.14. The van der Waals surface area contributed by atoms with Crippen molar-refractivity contribution in [3.8, 4) is 5.75 Å². The van der Waals surface area contributed by atoms with Crippen LogP contribution in [0.2, 0.25) is 0 Å². The van der Waals surface area contributed by atoms with Crippen molar-refractivity contribution in [2.45, 2.75) is 31.9 Å². The van der Waals surface area contributed by atoms with Crippen LogP contribution in [-0.4, -0.2) is 12.6 Å². The molecule has 1 heterocycles. The summed E-state index contributed by atoms with van der Waals surface area (Å²) in [7, 11) is 0. The van der Waals surface area contributed by atoms with Crippen molar-refractivity contribution in [1.29, 1.82) is 0 Å². The summed E-state index contributed by atoms with van der Waals surface area (Å²) in [6.07, 6.45) is 2.43. The average Bonchev–Trinajstić information content (AvgIpc) is 2.65. The van der Waals surface area contributed by atoms with Gasteiger partial charge in [-0.1, -0.05) is 60.7 Å². The molecule has 0 bridgehead atoms. The second kappa shape index (κ2) is 7.90. The molecule has 130 valence electrons. The topological polar surface area (TPSA) is 21.3 Å². The van der Waals surface area contributed by atoms with E-state index in [0.29, 0.717) is 6.04 Å². The molecule has 0 saturated carbocycles. The van der Waals surface area contributed by atoms with Gasteiger partial charge in [0.1, 0.15) is 11.9 Å². The number of para-hydroxylation sites is 1. The van der Waals surface area contributed by atoms with Crippen molar-refractivity contribution < 1.29 is 4.74 Å². The number of rotatable bonds is 4. The average molecular weight is 354 g/mol. The van der Waals surface area contributed by atoms with Gasteiger partial charge in [-0.25, -0.2) is 0 Å². The standard InChI is InChI=1S/C22H23NO.ClH/c1-16(20-11-6-9-17-7-2-4-10-21(17)20)23-15-19-14-13-18-8-3-5-12-22(18)24-19;/h2-12,16,19,23H,13-15H2,1H3;1H/t16-,19-;/m1./s1. The Morgan fingerprint density at radius 3 is 2.68 bits per heavy atom. The number of hydrogen-bond acceptors (Lipinski definition) is 2. The minimum atomic E-state index is 0. The fourth-order valence-corrected chi connectivity index (χ4v) is 3.57. The molecule has 2 atom stereocenters. The highest BCUT2D eigenvalue weighted by Crippen LogP contribution is 2.28. The smallest absolute Gasteiger partial charge is 0.122 e. The Balaban J connectivity index is 0.00000182. The highest BCUT2D eigenvalue weighted by molar-refractivity contribution is 5.86. The fraction of sp³-hybridized carbons (Fsp3) is 0.273. The SMILES string of the molecule is C[C@@H](NC[C@H]1CCc2ccccc2O1)c1cccc2ccccc12.Cl. The van der Waals surface area contributed by atoms with E-state index in [1.54, 1.807) is 0 Å². The second-order valence-electron chi connectivity index (χ2n) is 6.58. The molecule has 1 N–H and O–H groups in total. The lowest BCUT2D eigenvalue weighted by Gasteiger charge is -2.27. The number of nitrogens with one attached hydrogen (secondary N) is 1. The van der Waals surface area contributed by atoms with Crippen molar-refractivity contribution in [1.82, 2.24) is 5.32 Å². The van der Waals surface area contributed by atoms with Gasteiger partial charge in [0.25, 0.3) is 0 Å². The first kappa shape index (κ1) is 17.8. The van der Waals surface area contributed by atoms with Gasteiger partial charge in [0.05, 0.1) is 0 Å². The summed E-state index contributed by atoms with van der Waals surface area (Å²) >= 11 is 0. The zero-order valence-corrected chi connectivity index (χ0v) is 15.3. The van der Waals surface area contributed by atoms with E-state index in [9.17, 15) is 0 Å². The molecule has 3 heteroatoms. The summed E-state index contributed by atoms with van der Waals surface area (Å²) in [6, 6.07) is 23.8. The molecule has 0 aliphatic carbocycles. The highest BCUT2D eigenvalue weighted by atomic mass is 35.5. The Morgan fingerprint density at radius 2 is 1.76 bits per heavy atom. The van der Waals surface area contributed by atoms with Gasteiger partial charge in [-0.15, -0.1) is 12.4 Å². The molecular formula is C22H24ClNO. The van der Waals surface area contributed by atoms with Crippen molar-refractivity contribution in [3.05, 3.63) is 77.9 Å². The summed E-state index contributed by atoms with van der Waals surface area (Å²) in [5.74, 6) is 1.05. The van der Waals surface area contributed by atoms with E-state index in [0.717, 1.165) is 25.1 Å². The fourth-order valence-electron chi connectivity index (χ4n) is 3.57. The molecule has 0 spiro atoms. The van der Waals surface area contributed by atoms with Gasteiger partial charge in [0.15, 0.2) is 0 Å². The minimum Gasteiger partial charge on any atom is -0.489 e. The molecule has 0 amide bonds. The van der Waals surface area contributed by atoms with Crippen LogP contribution in [0.25, 0.3) is 10.8 Å². The van der Waals surface area contributed by atoms with Crippen LogP contribution in [-0.2, 0) is 6.42 Å². The predicted molar refractivity (Wildman–Crippen MR) is 107 cm³/mol. The molecule has 0 radical (unpaired) electrons. The molecule has 0 aromatic heterocycles. The van der Waals surface area contributed by atoms with Crippen LogP contribution in [0.5, 0.6) is 5.75 Å². The Hall–Kier alpha value is -2.03. The summed E-state index contributed by atoms with van der Waals surface area (Å²) in [4.78, 5) is 0. The van der Waals surface area contributed by atoms with E-state index in [1.165, 1.54) is 21.9 Å². The van der Waals surface area contributed by atoms with Crippen LogP contribution in [0.1, 0.15) is 30.5 Å². The number of halogens is 1. The lowest BCUT2D eigenvalue weighted by Crippen LogP contribution is -2.35. The zero-order chi connectivity index (χ0) is 16.4. The van der Waals surface area contributed by atoms with Gasteiger partial charge in [0, 0.05) is 12.6 Å². The first-order valence-electron chi connectivity index (χ1n) is 8.77. The predicted octanol–water partition coefficient (Wildman–Crippen LogP) is 5.31. The molecule has 25 heavy (non-hydrogen) atoms. The molecule has 3 aromatic rings. The van der Waals surface area contributed by atoms with Crippen LogP contribution >= 0.6 is 12.4 Å². The van der Waals surface area contributed by atoms with Gasteiger partial charge in [-0.3, -0.25) is 0 Å². The minimum absolute atomic E-state index is 0. The van der Waals surface area contributed by atoms with Crippen molar-refractivity contribution >= 4 is 23.2 Å². The number of benzene rings is 3. The van der Waals surface area contributed by atoms with E-state index in [4.69, 9.17) is 4.74 Å². The Labute approximate surface area is 155 Å². The summed E-state index contributed by atoms with van der Waals surface area (Å²) < 4.78 is 6.14. The first-order chi connectivity index (χ1) is 11.8. The Kier molecular flexibility index (Phi) is 5.62. The molecule has 1 aliphatic rings. The van der Waals surface area contributed by atoms with E-state index in [1.807, 2.05) is 6.07 Å². The number of ether oxygens (including phenoxy) is 1. The van der Waals surface area contributed by atoms with Crippen LogP contribution in [0, 0.1) is 0 Å². The normalized spacial score (nSPS) is 17.2. The number of hydrogen-bond donors (Lipinski definition) is 1. The molecule has 0 fully saturated rings. The van der Waals surface area contributed by atoms with E-state index >= 15 is 0 Å².